The lowest BCUT2D eigenvalue weighted by molar-refractivity contribution is -0.117. The summed E-state index contributed by atoms with van der Waals surface area (Å²) in [6, 6.07) is -0.282. The van der Waals surface area contributed by atoms with Crippen LogP contribution in [-0.2, 0) is 24.2 Å². The number of imide groups is 1. The van der Waals surface area contributed by atoms with Crippen LogP contribution in [0, 0.1) is 0 Å². The Morgan fingerprint density at radius 1 is 1.20 bits per heavy atom. The van der Waals surface area contributed by atoms with Crippen LogP contribution in [0.4, 0.5) is 4.79 Å². The molecule has 162 valence electrons. The van der Waals surface area contributed by atoms with Crippen LogP contribution in [0.1, 0.15) is 62.3 Å². The number of amides is 3. The predicted octanol–water partition coefficient (Wildman–Crippen LogP) is 3.61. The minimum absolute atomic E-state index is 0.000741. The molecule has 0 spiro atoms. The molecule has 2 N–H and O–H groups in total. The third kappa shape index (κ3) is 4.56. The molecule has 2 aliphatic carbocycles. The molecule has 1 saturated carbocycles. The van der Waals surface area contributed by atoms with E-state index < -0.39 is 6.03 Å². The van der Waals surface area contributed by atoms with Gasteiger partial charge in [-0.15, -0.1) is 11.3 Å². The zero-order valence-corrected chi connectivity index (χ0v) is 18.9. The van der Waals surface area contributed by atoms with Gasteiger partial charge in [-0.1, -0.05) is 37.9 Å². The quantitative estimate of drug-likeness (QED) is 0.520. The maximum Gasteiger partial charge on any atom is 0.321 e. The highest BCUT2D eigenvalue weighted by Crippen LogP contribution is 2.35. The monoisotopic (exact) mass is 448 g/mol. The number of carbonyl (C=O) groups excluding carboxylic acids is 2. The highest BCUT2D eigenvalue weighted by molar-refractivity contribution is 7.99. The zero-order chi connectivity index (χ0) is 21.1. The Balaban J connectivity index is 1.44. The molecule has 0 unspecified atom stereocenters. The van der Waals surface area contributed by atoms with E-state index in [1.807, 2.05) is 6.92 Å². The molecule has 1 fully saturated rings. The molecular formula is C21H28N4O3S2. The number of aryl methyl sites for hydroxylation is 2. The van der Waals surface area contributed by atoms with E-state index in [-0.39, 0.29) is 23.3 Å². The molecule has 2 aliphatic rings. The number of fused-ring (bicyclic) bond motifs is 3. The fourth-order valence-electron chi connectivity index (χ4n) is 4.35. The Labute approximate surface area is 184 Å². The molecule has 4 rings (SSSR count). The van der Waals surface area contributed by atoms with E-state index in [0.29, 0.717) is 11.7 Å². The molecular weight excluding hydrogens is 420 g/mol. The molecule has 30 heavy (non-hydrogen) atoms. The van der Waals surface area contributed by atoms with Crippen LogP contribution in [0.3, 0.4) is 0 Å². The van der Waals surface area contributed by atoms with Gasteiger partial charge in [-0.25, -0.2) is 9.78 Å². The van der Waals surface area contributed by atoms with Crippen LogP contribution in [0.25, 0.3) is 10.2 Å². The van der Waals surface area contributed by atoms with Crippen molar-refractivity contribution in [3.63, 3.8) is 0 Å². The van der Waals surface area contributed by atoms with Gasteiger partial charge in [-0.3, -0.25) is 19.5 Å². The first kappa shape index (κ1) is 21.4. The fraction of sp³-hybridized carbons (Fsp3) is 0.619. The number of aromatic nitrogens is 2. The highest BCUT2D eigenvalue weighted by Gasteiger charge is 2.24. The van der Waals surface area contributed by atoms with Gasteiger partial charge in [0.05, 0.1) is 11.1 Å². The molecule has 0 atom stereocenters. The van der Waals surface area contributed by atoms with Crippen LogP contribution < -0.4 is 16.2 Å². The summed E-state index contributed by atoms with van der Waals surface area (Å²) in [6.07, 6.45) is 9.25. The van der Waals surface area contributed by atoms with Crippen molar-refractivity contribution >= 4 is 45.3 Å². The van der Waals surface area contributed by atoms with E-state index in [1.165, 1.54) is 28.6 Å². The lowest BCUT2D eigenvalue weighted by Crippen LogP contribution is -2.45. The Morgan fingerprint density at radius 2 is 2.00 bits per heavy atom. The number of nitrogens with one attached hydrogen (secondary N) is 2. The first-order chi connectivity index (χ1) is 14.6. The van der Waals surface area contributed by atoms with Crippen LogP contribution in [-0.4, -0.2) is 33.3 Å². The first-order valence-electron chi connectivity index (χ1n) is 10.8. The Hall–Kier alpha value is -1.87. The SMILES string of the molecule is CCCn1c(SCC(=O)NC(=O)NC2CCCCC2)nc2sc3c(c2c1=O)CCC3. The van der Waals surface area contributed by atoms with Crippen LogP contribution in [0.2, 0.25) is 0 Å². The molecule has 9 heteroatoms. The summed E-state index contributed by atoms with van der Waals surface area (Å²) in [5, 5.41) is 6.61. The number of thioether (sulfide) groups is 1. The Bertz CT molecular complexity index is 1010. The van der Waals surface area contributed by atoms with Gasteiger partial charge in [0.1, 0.15) is 4.83 Å². The molecule has 0 radical (unpaired) electrons. The molecule has 0 aliphatic heterocycles. The van der Waals surface area contributed by atoms with Crippen LogP contribution >= 0.6 is 23.1 Å². The number of rotatable bonds is 6. The fourth-order valence-corrected chi connectivity index (χ4v) is 6.48. The number of hydrogen-bond donors (Lipinski definition) is 2. The summed E-state index contributed by atoms with van der Waals surface area (Å²) in [5.41, 5.74) is 1.17. The predicted molar refractivity (Wildman–Crippen MR) is 120 cm³/mol. The number of carbonyl (C=O) groups is 2. The largest absolute Gasteiger partial charge is 0.335 e. The van der Waals surface area contributed by atoms with Crippen molar-refractivity contribution in [3.8, 4) is 0 Å². The summed E-state index contributed by atoms with van der Waals surface area (Å²) in [4.78, 5) is 44.3. The van der Waals surface area contributed by atoms with Gasteiger partial charge in [-0.2, -0.15) is 0 Å². The van der Waals surface area contributed by atoms with Crippen molar-refractivity contribution in [2.45, 2.75) is 82.5 Å². The molecule has 0 saturated heterocycles. The van der Waals surface area contributed by atoms with Crippen molar-refractivity contribution in [1.29, 1.82) is 0 Å². The minimum atomic E-state index is -0.434. The Kier molecular flexibility index (Phi) is 6.77. The zero-order valence-electron chi connectivity index (χ0n) is 17.3. The summed E-state index contributed by atoms with van der Waals surface area (Å²) < 4.78 is 1.69. The van der Waals surface area contributed by atoms with Gasteiger partial charge in [0.2, 0.25) is 5.91 Å². The molecule has 0 aromatic carbocycles. The lowest BCUT2D eigenvalue weighted by atomic mass is 9.96. The van der Waals surface area contributed by atoms with E-state index in [4.69, 9.17) is 4.98 Å². The number of urea groups is 1. The van der Waals surface area contributed by atoms with Crippen molar-refractivity contribution < 1.29 is 9.59 Å². The average Bonchev–Trinajstić information content (AvgIpc) is 3.30. The highest BCUT2D eigenvalue weighted by atomic mass is 32.2. The minimum Gasteiger partial charge on any atom is -0.335 e. The van der Waals surface area contributed by atoms with Gasteiger partial charge < -0.3 is 5.32 Å². The second-order valence-electron chi connectivity index (χ2n) is 8.03. The van der Waals surface area contributed by atoms with E-state index in [9.17, 15) is 14.4 Å². The van der Waals surface area contributed by atoms with E-state index >= 15 is 0 Å². The Morgan fingerprint density at radius 3 is 2.77 bits per heavy atom. The van der Waals surface area contributed by atoms with Gasteiger partial charge in [0.15, 0.2) is 5.16 Å². The first-order valence-corrected chi connectivity index (χ1v) is 12.6. The molecule has 7 nitrogen and oxygen atoms in total. The second kappa shape index (κ2) is 9.51. The molecule has 2 aromatic rings. The second-order valence-corrected chi connectivity index (χ2v) is 10.1. The van der Waals surface area contributed by atoms with Crippen molar-refractivity contribution in [3.05, 3.63) is 20.8 Å². The van der Waals surface area contributed by atoms with Crippen molar-refractivity contribution in [2.75, 3.05) is 5.75 Å². The van der Waals surface area contributed by atoms with Gasteiger partial charge >= 0.3 is 6.03 Å². The molecule has 2 heterocycles. The standard InChI is InChI=1S/C21H28N4O3S2/c1-2-11-25-19(27)17-14-9-6-10-15(14)30-18(17)24-21(25)29-12-16(26)23-20(28)22-13-7-4-3-5-8-13/h13H,2-12H2,1H3,(H2,22,23,26,28). The summed E-state index contributed by atoms with van der Waals surface area (Å²) in [7, 11) is 0. The topological polar surface area (TPSA) is 93.1 Å². The van der Waals surface area contributed by atoms with Crippen molar-refractivity contribution in [1.82, 2.24) is 20.2 Å². The molecule has 0 bridgehead atoms. The number of thiophene rings is 1. The maximum atomic E-state index is 13.2. The smallest absolute Gasteiger partial charge is 0.321 e. The van der Waals surface area contributed by atoms with E-state index in [2.05, 4.69) is 10.6 Å². The molecule has 2 aromatic heterocycles. The summed E-state index contributed by atoms with van der Waals surface area (Å²) in [6.45, 7) is 2.59. The number of nitrogens with zero attached hydrogens (tertiary/aromatic N) is 2. The normalized spacial score (nSPS) is 16.6. The summed E-state index contributed by atoms with van der Waals surface area (Å²) >= 11 is 2.82. The third-order valence-electron chi connectivity index (χ3n) is 5.76. The van der Waals surface area contributed by atoms with Crippen molar-refractivity contribution in [2.24, 2.45) is 0 Å². The van der Waals surface area contributed by atoms with Gasteiger partial charge in [0, 0.05) is 17.5 Å². The lowest BCUT2D eigenvalue weighted by Gasteiger charge is -2.22. The van der Waals surface area contributed by atoms with Gasteiger partial charge in [0.25, 0.3) is 5.56 Å². The maximum absolute atomic E-state index is 13.2. The van der Waals surface area contributed by atoms with E-state index in [0.717, 1.165) is 61.6 Å². The van der Waals surface area contributed by atoms with E-state index in [1.54, 1.807) is 15.9 Å². The molecule has 3 amide bonds. The summed E-state index contributed by atoms with van der Waals surface area (Å²) in [5.74, 6) is -0.329. The average molecular weight is 449 g/mol. The van der Waals surface area contributed by atoms with Crippen LogP contribution in [0.5, 0.6) is 0 Å². The van der Waals surface area contributed by atoms with Crippen LogP contribution in [0.15, 0.2) is 9.95 Å². The van der Waals surface area contributed by atoms with Gasteiger partial charge in [-0.05, 0) is 44.1 Å². The third-order valence-corrected chi connectivity index (χ3v) is 7.92. The number of hydrogen-bond acceptors (Lipinski definition) is 6.